The zero-order valence-electron chi connectivity index (χ0n) is 13.1. The largest absolute Gasteiger partial charge is 0.362 e. The van der Waals surface area contributed by atoms with Crippen molar-refractivity contribution in [2.75, 3.05) is 51.2 Å². The molecule has 1 saturated heterocycles. The van der Waals surface area contributed by atoms with Crippen LogP contribution in [-0.2, 0) is 4.79 Å². The van der Waals surface area contributed by atoms with Gasteiger partial charge in [0, 0.05) is 50.5 Å². The van der Waals surface area contributed by atoms with Gasteiger partial charge in [-0.25, -0.2) is 0 Å². The molecule has 1 amide bonds. The Morgan fingerprint density at radius 3 is 2.32 bits per heavy atom. The monoisotopic (exact) mass is 306 g/mol. The van der Waals surface area contributed by atoms with E-state index >= 15 is 0 Å². The zero-order chi connectivity index (χ0) is 16.1. The van der Waals surface area contributed by atoms with Crippen molar-refractivity contribution in [2.24, 2.45) is 0 Å². The summed E-state index contributed by atoms with van der Waals surface area (Å²) in [5.41, 5.74) is 0.890. The molecule has 2 rings (SSSR count). The summed E-state index contributed by atoms with van der Waals surface area (Å²) in [6, 6.07) is 6.33. The summed E-state index contributed by atoms with van der Waals surface area (Å²) in [6.45, 7) is 6.26. The van der Waals surface area contributed by atoms with Crippen LogP contribution >= 0.6 is 0 Å². The van der Waals surface area contributed by atoms with Crippen LogP contribution in [0.2, 0.25) is 0 Å². The number of nitrogens with zero attached hydrogens (tertiary/aromatic N) is 4. The third-order valence-electron chi connectivity index (χ3n) is 3.99. The number of amides is 1. The summed E-state index contributed by atoms with van der Waals surface area (Å²) in [5, 5.41) is 10.7. The van der Waals surface area contributed by atoms with E-state index in [1.54, 1.807) is 12.1 Å². The summed E-state index contributed by atoms with van der Waals surface area (Å²) in [7, 11) is 2.05. The Bertz CT molecular complexity index is 524. The molecule has 0 N–H and O–H groups in total. The highest BCUT2D eigenvalue weighted by Crippen LogP contribution is 2.19. The average molecular weight is 306 g/mol. The number of hydrogen-bond donors (Lipinski definition) is 0. The molecule has 1 aromatic rings. The lowest BCUT2D eigenvalue weighted by atomic mass is 10.2. The van der Waals surface area contributed by atoms with Crippen LogP contribution in [-0.4, -0.2) is 66.9 Å². The normalized spacial score (nSPS) is 15.6. The highest BCUT2D eigenvalue weighted by atomic mass is 16.6. The Balaban J connectivity index is 1.99. The first-order valence-corrected chi connectivity index (χ1v) is 7.47. The number of piperazine rings is 1. The minimum Gasteiger partial charge on any atom is -0.362 e. The number of carbonyl (C=O) groups excluding carboxylic acids is 1. The number of nitro groups is 1. The molecule has 1 fully saturated rings. The molecule has 0 bridgehead atoms. The molecule has 0 saturated carbocycles. The quantitative estimate of drug-likeness (QED) is 0.604. The lowest BCUT2D eigenvalue weighted by molar-refractivity contribution is -0.384. The predicted molar refractivity (Wildman–Crippen MR) is 85.1 cm³/mol. The first-order chi connectivity index (χ1) is 10.5. The van der Waals surface area contributed by atoms with Crippen LogP contribution in [0, 0.1) is 10.1 Å². The van der Waals surface area contributed by atoms with Crippen LogP contribution in [0.5, 0.6) is 0 Å². The molecule has 0 aromatic heterocycles. The average Bonchev–Trinajstić information content (AvgIpc) is 2.53. The van der Waals surface area contributed by atoms with Gasteiger partial charge in [0.15, 0.2) is 0 Å². The van der Waals surface area contributed by atoms with Crippen LogP contribution in [0.3, 0.4) is 0 Å². The topological polar surface area (TPSA) is 69.9 Å². The van der Waals surface area contributed by atoms with Gasteiger partial charge in [-0.2, -0.15) is 0 Å². The third kappa shape index (κ3) is 3.94. The SMILES string of the molecule is CCN(CC(=O)N1CCN(C)CC1)c1ccc([N+](=O)[O-])cc1. The minimum absolute atomic E-state index is 0.0604. The second kappa shape index (κ2) is 7.22. The smallest absolute Gasteiger partial charge is 0.269 e. The fraction of sp³-hybridized carbons (Fsp3) is 0.533. The van der Waals surface area contributed by atoms with Gasteiger partial charge in [0.25, 0.3) is 5.69 Å². The lowest BCUT2D eigenvalue weighted by Gasteiger charge is -2.34. The second-order valence-corrected chi connectivity index (χ2v) is 5.47. The first-order valence-electron chi connectivity index (χ1n) is 7.47. The maximum atomic E-state index is 12.4. The first kappa shape index (κ1) is 16.2. The molecule has 1 aliphatic rings. The number of anilines is 1. The van der Waals surface area contributed by atoms with Crippen LogP contribution < -0.4 is 4.90 Å². The van der Waals surface area contributed by atoms with Crippen molar-refractivity contribution in [3.8, 4) is 0 Å². The third-order valence-corrected chi connectivity index (χ3v) is 3.99. The molecule has 0 atom stereocenters. The van der Waals surface area contributed by atoms with Gasteiger partial charge in [-0.1, -0.05) is 0 Å². The van der Waals surface area contributed by atoms with E-state index in [0.29, 0.717) is 13.1 Å². The number of hydrogen-bond acceptors (Lipinski definition) is 5. The maximum Gasteiger partial charge on any atom is 0.269 e. The van der Waals surface area contributed by atoms with Crippen LogP contribution in [0.1, 0.15) is 6.92 Å². The van der Waals surface area contributed by atoms with Crippen molar-refractivity contribution in [1.82, 2.24) is 9.80 Å². The van der Waals surface area contributed by atoms with E-state index < -0.39 is 4.92 Å². The molecule has 22 heavy (non-hydrogen) atoms. The Labute approximate surface area is 130 Å². The van der Waals surface area contributed by atoms with Crippen molar-refractivity contribution in [3.63, 3.8) is 0 Å². The van der Waals surface area contributed by atoms with Gasteiger partial charge in [-0.05, 0) is 26.1 Å². The molecule has 0 spiro atoms. The van der Waals surface area contributed by atoms with E-state index in [0.717, 1.165) is 31.9 Å². The van der Waals surface area contributed by atoms with E-state index in [-0.39, 0.29) is 11.6 Å². The molecule has 1 heterocycles. The Hall–Kier alpha value is -2.15. The Kier molecular flexibility index (Phi) is 5.32. The van der Waals surface area contributed by atoms with Gasteiger partial charge < -0.3 is 14.7 Å². The van der Waals surface area contributed by atoms with Crippen molar-refractivity contribution in [3.05, 3.63) is 34.4 Å². The summed E-state index contributed by atoms with van der Waals surface area (Å²) < 4.78 is 0. The number of likely N-dealkylation sites (N-methyl/N-ethyl adjacent to an activating group) is 2. The van der Waals surface area contributed by atoms with Crippen LogP contribution in [0.15, 0.2) is 24.3 Å². The standard InChI is InChI=1S/C15H22N4O3/c1-3-17(13-4-6-14(7-5-13)19(21)22)12-15(20)18-10-8-16(2)9-11-18/h4-7H,3,8-12H2,1-2H3. The summed E-state index contributed by atoms with van der Waals surface area (Å²) in [4.78, 5) is 28.7. The van der Waals surface area contributed by atoms with Gasteiger partial charge in [0.1, 0.15) is 0 Å². The molecular weight excluding hydrogens is 284 g/mol. The second-order valence-electron chi connectivity index (χ2n) is 5.47. The summed E-state index contributed by atoms with van der Waals surface area (Å²) in [5.74, 6) is 0.105. The van der Waals surface area contributed by atoms with E-state index in [2.05, 4.69) is 11.9 Å². The summed E-state index contributed by atoms with van der Waals surface area (Å²) >= 11 is 0. The van der Waals surface area contributed by atoms with Gasteiger partial charge in [0.05, 0.1) is 11.5 Å². The molecule has 0 aliphatic carbocycles. The predicted octanol–water partition coefficient (Wildman–Crippen LogP) is 1.20. The van der Waals surface area contributed by atoms with E-state index in [9.17, 15) is 14.9 Å². The van der Waals surface area contributed by atoms with E-state index in [1.807, 2.05) is 16.7 Å². The molecule has 7 heteroatoms. The number of rotatable bonds is 5. The molecule has 1 aromatic carbocycles. The van der Waals surface area contributed by atoms with Crippen molar-refractivity contribution in [2.45, 2.75) is 6.92 Å². The van der Waals surface area contributed by atoms with E-state index in [4.69, 9.17) is 0 Å². The van der Waals surface area contributed by atoms with Crippen molar-refractivity contribution < 1.29 is 9.72 Å². The molecule has 120 valence electrons. The van der Waals surface area contributed by atoms with Crippen molar-refractivity contribution in [1.29, 1.82) is 0 Å². The molecular formula is C15H22N4O3. The van der Waals surface area contributed by atoms with Gasteiger partial charge in [-0.15, -0.1) is 0 Å². The van der Waals surface area contributed by atoms with Crippen LogP contribution in [0.25, 0.3) is 0 Å². The molecule has 0 radical (unpaired) electrons. The Morgan fingerprint density at radius 2 is 1.82 bits per heavy atom. The van der Waals surface area contributed by atoms with Gasteiger partial charge in [-0.3, -0.25) is 14.9 Å². The number of nitro benzene ring substituents is 1. The minimum atomic E-state index is -0.421. The lowest BCUT2D eigenvalue weighted by Crippen LogP contribution is -2.50. The highest BCUT2D eigenvalue weighted by Gasteiger charge is 2.21. The van der Waals surface area contributed by atoms with Crippen molar-refractivity contribution >= 4 is 17.3 Å². The van der Waals surface area contributed by atoms with Crippen LogP contribution in [0.4, 0.5) is 11.4 Å². The fourth-order valence-corrected chi connectivity index (χ4v) is 2.49. The van der Waals surface area contributed by atoms with Gasteiger partial charge in [0.2, 0.25) is 5.91 Å². The number of non-ortho nitro benzene ring substituents is 1. The number of benzene rings is 1. The zero-order valence-corrected chi connectivity index (χ0v) is 13.1. The van der Waals surface area contributed by atoms with Gasteiger partial charge >= 0.3 is 0 Å². The summed E-state index contributed by atoms with van der Waals surface area (Å²) in [6.07, 6.45) is 0. The molecule has 1 aliphatic heterocycles. The van der Waals surface area contributed by atoms with E-state index in [1.165, 1.54) is 12.1 Å². The Morgan fingerprint density at radius 1 is 1.23 bits per heavy atom. The fourth-order valence-electron chi connectivity index (χ4n) is 2.49. The maximum absolute atomic E-state index is 12.4. The molecule has 7 nitrogen and oxygen atoms in total. The number of carbonyl (C=O) groups is 1. The highest BCUT2D eigenvalue weighted by molar-refractivity contribution is 5.81. The molecule has 0 unspecified atom stereocenters.